The first-order valence-electron chi connectivity index (χ1n) is 10.1. The number of para-hydroxylation sites is 1. The van der Waals surface area contributed by atoms with Crippen LogP contribution in [0.5, 0.6) is 0 Å². The third-order valence-electron chi connectivity index (χ3n) is 6.27. The fourth-order valence-corrected chi connectivity index (χ4v) is 4.91. The van der Waals surface area contributed by atoms with Crippen LogP contribution < -0.4 is 4.90 Å². The van der Waals surface area contributed by atoms with E-state index in [1.54, 1.807) is 0 Å². The first kappa shape index (κ1) is 17.3. The Bertz CT molecular complexity index is 532. The van der Waals surface area contributed by atoms with Crippen LogP contribution in [0.2, 0.25) is 0 Å². The summed E-state index contributed by atoms with van der Waals surface area (Å²) in [4.78, 5) is 5.06. The molecule has 3 atom stereocenters. The minimum atomic E-state index is -0.357. The summed E-state index contributed by atoms with van der Waals surface area (Å²) < 4.78 is 5.97. The Morgan fingerprint density at radius 2 is 1.84 bits per heavy atom. The molecular weight excluding hydrogens is 312 g/mol. The number of nitrogens with zero attached hydrogens (tertiary/aromatic N) is 2. The molecule has 138 valence electrons. The van der Waals surface area contributed by atoms with Gasteiger partial charge in [0.05, 0.1) is 18.8 Å². The molecule has 3 fully saturated rings. The average molecular weight is 344 g/mol. The van der Waals surface area contributed by atoms with E-state index in [1.165, 1.54) is 50.6 Å². The minimum absolute atomic E-state index is 0.357. The topological polar surface area (TPSA) is 35.9 Å². The van der Waals surface area contributed by atoms with Gasteiger partial charge >= 0.3 is 0 Å². The highest BCUT2D eigenvalue weighted by Crippen LogP contribution is 2.33. The molecule has 0 unspecified atom stereocenters. The van der Waals surface area contributed by atoms with Gasteiger partial charge < -0.3 is 14.7 Å². The molecule has 0 amide bonds. The lowest BCUT2D eigenvalue weighted by Gasteiger charge is -2.34. The SMILES string of the molecule is O[C@H](COC1CCCCC1)CN1CC[C@@H]2C[C@H]1CN2c1ccccc1. The fraction of sp³-hybridized carbons (Fsp3) is 0.714. The third kappa shape index (κ3) is 4.18. The Hall–Kier alpha value is -1.10. The second-order valence-corrected chi connectivity index (χ2v) is 8.06. The maximum atomic E-state index is 10.5. The van der Waals surface area contributed by atoms with Crippen LogP contribution in [0, 0.1) is 0 Å². The lowest BCUT2D eigenvalue weighted by Crippen LogP contribution is -2.45. The standard InChI is InChI=1S/C21H32N2O2/c24-20(16-25-21-9-5-2-6-10-21)15-22-12-11-18-13-19(22)14-23(18)17-7-3-1-4-8-17/h1,3-4,7-8,18-21,24H,2,5-6,9-16H2/t18-,19+,20+/m1/s1. The van der Waals surface area contributed by atoms with E-state index in [9.17, 15) is 5.11 Å². The first-order valence-corrected chi connectivity index (χ1v) is 10.1. The van der Waals surface area contributed by atoms with Gasteiger partial charge in [-0.1, -0.05) is 37.5 Å². The molecule has 0 radical (unpaired) electrons. The van der Waals surface area contributed by atoms with Crippen molar-refractivity contribution in [3.63, 3.8) is 0 Å². The molecule has 4 nitrogen and oxygen atoms in total. The van der Waals surface area contributed by atoms with Gasteiger partial charge in [-0.05, 0) is 37.8 Å². The molecule has 1 aromatic rings. The zero-order chi connectivity index (χ0) is 17.1. The van der Waals surface area contributed by atoms with Crippen molar-refractivity contribution in [3.8, 4) is 0 Å². The van der Waals surface area contributed by atoms with Crippen molar-refractivity contribution < 1.29 is 9.84 Å². The van der Waals surface area contributed by atoms with Crippen molar-refractivity contribution in [1.29, 1.82) is 0 Å². The fourth-order valence-electron chi connectivity index (χ4n) is 4.91. The molecule has 2 saturated heterocycles. The second kappa shape index (κ2) is 8.07. The van der Waals surface area contributed by atoms with Crippen molar-refractivity contribution in [1.82, 2.24) is 4.90 Å². The summed E-state index contributed by atoms with van der Waals surface area (Å²) in [5.74, 6) is 0. The maximum absolute atomic E-state index is 10.5. The van der Waals surface area contributed by atoms with Crippen molar-refractivity contribution in [2.45, 2.75) is 69.2 Å². The second-order valence-electron chi connectivity index (χ2n) is 8.06. The van der Waals surface area contributed by atoms with Crippen LogP contribution in [0.3, 0.4) is 0 Å². The van der Waals surface area contributed by atoms with Crippen LogP contribution >= 0.6 is 0 Å². The van der Waals surface area contributed by atoms with Gasteiger partial charge in [0.25, 0.3) is 0 Å². The molecular formula is C21H32N2O2. The number of likely N-dealkylation sites (tertiary alicyclic amines) is 1. The summed E-state index contributed by atoms with van der Waals surface area (Å²) in [6, 6.07) is 12.0. The molecule has 25 heavy (non-hydrogen) atoms. The van der Waals surface area contributed by atoms with E-state index < -0.39 is 0 Å². The van der Waals surface area contributed by atoms with E-state index in [-0.39, 0.29) is 6.10 Å². The number of anilines is 1. The Morgan fingerprint density at radius 3 is 2.64 bits per heavy atom. The summed E-state index contributed by atoms with van der Waals surface area (Å²) >= 11 is 0. The van der Waals surface area contributed by atoms with E-state index in [1.807, 2.05) is 0 Å². The van der Waals surface area contributed by atoms with E-state index in [2.05, 4.69) is 40.1 Å². The number of ether oxygens (including phenoxy) is 1. The number of piperidine rings is 1. The van der Waals surface area contributed by atoms with E-state index in [4.69, 9.17) is 4.74 Å². The molecule has 0 aromatic heterocycles. The number of benzene rings is 1. The molecule has 4 rings (SSSR count). The summed E-state index contributed by atoms with van der Waals surface area (Å²) in [5, 5.41) is 10.5. The Balaban J connectivity index is 1.26. The summed E-state index contributed by atoms with van der Waals surface area (Å²) in [5.41, 5.74) is 1.35. The van der Waals surface area contributed by atoms with Crippen molar-refractivity contribution >= 4 is 5.69 Å². The molecule has 1 aliphatic carbocycles. The zero-order valence-corrected chi connectivity index (χ0v) is 15.2. The van der Waals surface area contributed by atoms with Gasteiger partial charge in [-0.2, -0.15) is 0 Å². The minimum Gasteiger partial charge on any atom is -0.389 e. The van der Waals surface area contributed by atoms with Gasteiger partial charge in [-0.3, -0.25) is 4.90 Å². The predicted molar refractivity (Wildman–Crippen MR) is 101 cm³/mol. The van der Waals surface area contributed by atoms with E-state index in [0.29, 0.717) is 24.8 Å². The Labute approximate surface area is 151 Å². The van der Waals surface area contributed by atoms with Crippen LogP contribution in [0.15, 0.2) is 30.3 Å². The molecule has 2 heterocycles. The molecule has 1 aromatic carbocycles. The summed E-state index contributed by atoms with van der Waals surface area (Å²) in [7, 11) is 0. The monoisotopic (exact) mass is 344 g/mol. The number of aliphatic hydroxyl groups excluding tert-OH is 1. The average Bonchev–Trinajstić information content (AvgIpc) is 3.02. The normalized spacial score (nSPS) is 29.1. The van der Waals surface area contributed by atoms with Crippen molar-refractivity contribution in [2.24, 2.45) is 0 Å². The lowest BCUT2D eigenvalue weighted by molar-refractivity contribution is -0.0378. The molecule has 1 N–H and O–H groups in total. The van der Waals surface area contributed by atoms with Crippen LogP contribution in [0.25, 0.3) is 0 Å². The molecule has 3 aliphatic rings. The Morgan fingerprint density at radius 1 is 1.04 bits per heavy atom. The van der Waals surface area contributed by atoms with Crippen molar-refractivity contribution in [2.75, 3.05) is 31.1 Å². The number of aliphatic hydroxyl groups is 1. The van der Waals surface area contributed by atoms with Crippen molar-refractivity contribution in [3.05, 3.63) is 30.3 Å². The van der Waals surface area contributed by atoms with Crippen LogP contribution in [0.1, 0.15) is 44.9 Å². The molecule has 0 spiro atoms. The summed E-state index contributed by atoms with van der Waals surface area (Å²) in [6.07, 6.45) is 8.71. The van der Waals surface area contributed by atoms with Gasteiger partial charge in [0, 0.05) is 37.4 Å². The van der Waals surface area contributed by atoms with Gasteiger partial charge in [0.15, 0.2) is 0 Å². The largest absolute Gasteiger partial charge is 0.389 e. The molecule has 1 saturated carbocycles. The number of rotatable bonds is 6. The Kier molecular flexibility index (Phi) is 5.59. The predicted octanol–water partition coefficient (Wildman–Crippen LogP) is 3.05. The van der Waals surface area contributed by atoms with Gasteiger partial charge in [0.1, 0.15) is 0 Å². The number of β-amino-alcohol motifs (C(OH)–C–C–N with tert-alkyl or cyclic N) is 1. The van der Waals surface area contributed by atoms with Crippen LogP contribution in [-0.4, -0.2) is 60.5 Å². The van der Waals surface area contributed by atoms with Crippen LogP contribution in [-0.2, 0) is 4.74 Å². The van der Waals surface area contributed by atoms with E-state index >= 15 is 0 Å². The van der Waals surface area contributed by atoms with Crippen LogP contribution in [0.4, 0.5) is 5.69 Å². The number of hydrogen-bond acceptors (Lipinski definition) is 4. The number of hydrogen-bond donors (Lipinski definition) is 1. The third-order valence-corrected chi connectivity index (χ3v) is 6.27. The zero-order valence-electron chi connectivity index (χ0n) is 15.2. The molecule has 2 aliphatic heterocycles. The smallest absolute Gasteiger partial charge is 0.0900 e. The van der Waals surface area contributed by atoms with Gasteiger partial charge in [-0.25, -0.2) is 0 Å². The van der Waals surface area contributed by atoms with Gasteiger partial charge in [0.2, 0.25) is 0 Å². The quantitative estimate of drug-likeness (QED) is 0.860. The number of fused-ring (bicyclic) bond motifs is 2. The molecule has 4 heteroatoms. The summed E-state index contributed by atoms with van der Waals surface area (Å²) in [6.45, 7) is 3.44. The van der Waals surface area contributed by atoms with Gasteiger partial charge in [-0.15, -0.1) is 0 Å². The highest BCUT2D eigenvalue weighted by Gasteiger charge is 2.39. The molecule has 2 bridgehead atoms. The maximum Gasteiger partial charge on any atom is 0.0900 e. The highest BCUT2D eigenvalue weighted by atomic mass is 16.5. The lowest BCUT2D eigenvalue weighted by atomic mass is 9.98. The van der Waals surface area contributed by atoms with E-state index in [0.717, 1.165) is 19.6 Å². The first-order chi connectivity index (χ1) is 12.3. The highest BCUT2D eigenvalue weighted by molar-refractivity contribution is 5.49.